The van der Waals surface area contributed by atoms with Gasteiger partial charge in [-0.3, -0.25) is 4.79 Å². The van der Waals surface area contributed by atoms with Crippen LogP contribution in [0.1, 0.15) is 11.4 Å². The van der Waals surface area contributed by atoms with Crippen molar-refractivity contribution < 1.29 is 14.6 Å². The van der Waals surface area contributed by atoms with Gasteiger partial charge in [-0.05, 0) is 30.3 Å². The van der Waals surface area contributed by atoms with Gasteiger partial charge in [0.05, 0.1) is 16.5 Å². The first-order chi connectivity index (χ1) is 13.0. The fraction of sp³-hybridized carbons (Fsp3) is 0.0526. The highest BCUT2D eigenvalue weighted by Gasteiger charge is 2.11. The summed E-state index contributed by atoms with van der Waals surface area (Å²) in [5.41, 5.74) is 0.693. The second kappa shape index (κ2) is 7.85. The molecular weight excluding hydrogens is 414 g/mol. The molecule has 0 amide bonds. The van der Waals surface area contributed by atoms with Crippen molar-refractivity contribution in [1.29, 1.82) is 5.26 Å². The van der Waals surface area contributed by atoms with E-state index >= 15 is 0 Å². The van der Waals surface area contributed by atoms with Gasteiger partial charge in [-0.1, -0.05) is 34.1 Å². The van der Waals surface area contributed by atoms with Gasteiger partial charge in [0.25, 0.3) is 5.56 Å². The minimum Gasteiger partial charge on any atom is -0.481 e. The van der Waals surface area contributed by atoms with E-state index in [1.54, 1.807) is 42.5 Å². The zero-order valence-corrected chi connectivity index (χ0v) is 15.4. The topological polar surface area (TPSA) is 116 Å². The van der Waals surface area contributed by atoms with Crippen LogP contribution in [0.5, 0.6) is 5.75 Å². The summed E-state index contributed by atoms with van der Waals surface area (Å²) >= 11 is 3.30. The number of aromatic nitrogens is 2. The van der Waals surface area contributed by atoms with Gasteiger partial charge in [0.15, 0.2) is 12.4 Å². The molecule has 0 saturated heterocycles. The average Bonchev–Trinajstić information content (AvgIpc) is 2.65. The third kappa shape index (κ3) is 4.22. The number of hydrogen-bond acceptors (Lipinski definition) is 5. The number of benzene rings is 2. The molecule has 0 unspecified atom stereocenters. The van der Waals surface area contributed by atoms with Crippen molar-refractivity contribution in [1.82, 2.24) is 9.97 Å². The number of carboxylic acid groups (broad SMARTS) is 1. The first-order valence-corrected chi connectivity index (χ1v) is 8.52. The monoisotopic (exact) mass is 425 g/mol. The third-order valence-corrected chi connectivity index (χ3v) is 4.11. The number of nitriles is 1. The molecule has 3 rings (SSSR count). The van der Waals surface area contributed by atoms with E-state index in [1.807, 2.05) is 6.07 Å². The van der Waals surface area contributed by atoms with Crippen molar-refractivity contribution in [3.05, 3.63) is 68.7 Å². The van der Waals surface area contributed by atoms with Gasteiger partial charge in [0.2, 0.25) is 0 Å². The molecule has 27 heavy (non-hydrogen) atoms. The van der Waals surface area contributed by atoms with E-state index in [1.165, 1.54) is 6.08 Å². The van der Waals surface area contributed by atoms with Crippen LogP contribution in [0.15, 0.2) is 51.7 Å². The summed E-state index contributed by atoms with van der Waals surface area (Å²) in [6.45, 7) is -0.507. The summed E-state index contributed by atoms with van der Waals surface area (Å²) in [5.74, 6) is -0.689. The predicted octanol–water partition coefficient (Wildman–Crippen LogP) is 3.21. The number of H-pyrrole nitrogens is 1. The molecule has 1 aromatic heterocycles. The van der Waals surface area contributed by atoms with Crippen molar-refractivity contribution in [2.24, 2.45) is 0 Å². The standard InChI is InChI=1S/C19H12BrN3O4/c20-13-5-6-15-14(8-13)19(26)23-18(22-15)12(9-21)7-11-3-1-2-4-16(11)27-10-17(24)25/h1-8H,10H2,(H,24,25)(H,22,23,26). The first kappa shape index (κ1) is 18.4. The number of rotatable bonds is 5. The maximum atomic E-state index is 12.3. The number of nitrogens with zero attached hydrogens (tertiary/aromatic N) is 2. The molecule has 7 nitrogen and oxygen atoms in total. The van der Waals surface area contributed by atoms with Gasteiger partial charge in [-0.2, -0.15) is 5.26 Å². The quantitative estimate of drug-likeness (QED) is 0.606. The number of carbonyl (C=O) groups is 1. The molecule has 0 aliphatic rings. The molecule has 0 atom stereocenters. The number of hydrogen-bond donors (Lipinski definition) is 2. The van der Waals surface area contributed by atoms with Gasteiger partial charge in [-0.15, -0.1) is 0 Å². The van der Waals surface area contributed by atoms with Crippen LogP contribution in [0.25, 0.3) is 22.6 Å². The van der Waals surface area contributed by atoms with Crippen molar-refractivity contribution in [2.45, 2.75) is 0 Å². The second-order valence-electron chi connectivity index (χ2n) is 5.47. The molecule has 8 heteroatoms. The molecule has 2 N–H and O–H groups in total. The van der Waals surface area contributed by atoms with Gasteiger partial charge >= 0.3 is 5.97 Å². The maximum Gasteiger partial charge on any atom is 0.341 e. The van der Waals surface area contributed by atoms with Gasteiger partial charge in [-0.25, -0.2) is 9.78 Å². The lowest BCUT2D eigenvalue weighted by Crippen LogP contribution is -2.11. The lowest BCUT2D eigenvalue weighted by molar-refractivity contribution is -0.139. The summed E-state index contributed by atoms with van der Waals surface area (Å²) in [6, 6.07) is 13.8. The van der Waals surface area contributed by atoms with E-state index < -0.39 is 12.6 Å². The highest BCUT2D eigenvalue weighted by atomic mass is 79.9. The number of aromatic amines is 1. The van der Waals surface area contributed by atoms with E-state index in [-0.39, 0.29) is 17.0 Å². The summed E-state index contributed by atoms with van der Waals surface area (Å²) in [6.07, 6.45) is 1.49. The summed E-state index contributed by atoms with van der Waals surface area (Å²) in [5, 5.41) is 18.7. The minimum absolute atomic E-state index is 0.114. The van der Waals surface area contributed by atoms with Crippen molar-refractivity contribution in [2.75, 3.05) is 6.61 Å². The van der Waals surface area contributed by atoms with Crippen LogP contribution in [0, 0.1) is 11.3 Å². The van der Waals surface area contributed by atoms with E-state index in [9.17, 15) is 14.9 Å². The second-order valence-corrected chi connectivity index (χ2v) is 6.38. The lowest BCUT2D eigenvalue weighted by Gasteiger charge is -2.07. The molecule has 3 aromatic rings. The number of carboxylic acids is 1. The SMILES string of the molecule is N#CC(=Cc1ccccc1OCC(=O)O)c1nc2ccc(Br)cc2c(=O)[nH]1. The predicted molar refractivity (Wildman–Crippen MR) is 103 cm³/mol. The Labute approximate surface area is 161 Å². The number of aliphatic carboxylic acids is 1. The van der Waals surface area contributed by atoms with Gasteiger partial charge in [0, 0.05) is 10.0 Å². The largest absolute Gasteiger partial charge is 0.481 e. The van der Waals surface area contributed by atoms with E-state index in [0.29, 0.717) is 22.2 Å². The van der Waals surface area contributed by atoms with Crippen LogP contribution < -0.4 is 10.3 Å². The maximum absolute atomic E-state index is 12.3. The Kier molecular flexibility index (Phi) is 5.33. The van der Waals surface area contributed by atoms with Crippen LogP contribution in [0.3, 0.4) is 0 Å². The number of nitrogens with one attached hydrogen (secondary N) is 1. The Morgan fingerprint density at radius 3 is 2.85 bits per heavy atom. The molecule has 0 spiro atoms. The van der Waals surface area contributed by atoms with Crippen LogP contribution in [-0.4, -0.2) is 27.7 Å². The minimum atomic E-state index is -1.11. The lowest BCUT2D eigenvalue weighted by atomic mass is 10.1. The Hall–Kier alpha value is -3.44. The summed E-state index contributed by atoms with van der Waals surface area (Å²) in [4.78, 5) is 30.0. The highest BCUT2D eigenvalue weighted by molar-refractivity contribution is 9.10. The number of fused-ring (bicyclic) bond motifs is 1. The Bertz CT molecular complexity index is 1160. The van der Waals surface area contributed by atoms with Crippen LogP contribution in [0.4, 0.5) is 0 Å². The molecule has 1 heterocycles. The van der Waals surface area contributed by atoms with Gasteiger partial charge in [0.1, 0.15) is 11.8 Å². The summed E-state index contributed by atoms with van der Waals surface area (Å²) in [7, 11) is 0. The van der Waals surface area contributed by atoms with E-state index in [2.05, 4.69) is 25.9 Å². The molecular formula is C19H12BrN3O4. The molecule has 0 aliphatic heterocycles. The molecule has 134 valence electrons. The molecule has 0 fully saturated rings. The molecule has 0 saturated carbocycles. The highest BCUT2D eigenvalue weighted by Crippen LogP contribution is 2.24. The van der Waals surface area contributed by atoms with Gasteiger partial charge < -0.3 is 14.8 Å². The smallest absolute Gasteiger partial charge is 0.341 e. The number of para-hydroxylation sites is 1. The van der Waals surface area contributed by atoms with Crippen molar-refractivity contribution >= 4 is 44.5 Å². The van der Waals surface area contributed by atoms with E-state index in [4.69, 9.17) is 9.84 Å². The Morgan fingerprint density at radius 1 is 1.33 bits per heavy atom. The molecule has 0 radical (unpaired) electrons. The zero-order chi connectivity index (χ0) is 19.4. The van der Waals surface area contributed by atoms with Crippen LogP contribution in [-0.2, 0) is 4.79 Å². The number of halogens is 1. The fourth-order valence-electron chi connectivity index (χ4n) is 2.42. The van der Waals surface area contributed by atoms with E-state index in [0.717, 1.165) is 4.47 Å². The Balaban J connectivity index is 2.07. The molecule has 0 aliphatic carbocycles. The normalized spacial score (nSPS) is 11.2. The molecule has 2 aromatic carbocycles. The molecule has 0 bridgehead atoms. The zero-order valence-electron chi connectivity index (χ0n) is 13.8. The first-order valence-electron chi connectivity index (χ1n) is 7.73. The van der Waals surface area contributed by atoms with Crippen LogP contribution >= 0.6 is 15.9 Å². The Morgan fingerprint density at radius 2 is 2.11 bits per heavy atom. The van der Waals surface area contributed by atoms with Crippen LogP contribution in [0.2, 0.25) is 0 Å². The fourth-order valence-corrected chi connectivity index (χ4v) is 2.78. The third-order valence-electron chi connectivity index (χ3n) is 3.61. The number of ether oxygens (including phenoxy) is 1. The van der Waals surface area contributed by atoms with Crippen molar-refractivity contribution in [3.8, 4) is 11.8 Å². The van der Waals surface area contributed by atoms with Crippen molar-refractivity contribution in [3.63, 3.8) is 0 Å². The average molecular weight is 426 g/mol. The number of allylic oxidation sites excluding steroid dienone is 1. The summed E-state index contributed by atoms with van der Waals surface area (Å²) < 4.78 is 5.98.